The summed E-state index contributed by atoms with van der Waals surface area (Å²) < 4.78 is 26.7. The van der Waals surface area contributed by atoms with Crippen LogP contribution < -0.4 is 4.90 Å². The lowest BCUT2D eigenvalue weighted by Crippen LogP contribution is -2.41. The molecule has 0 bridgehead atoms. The Morgan fingerprint density at radius 1 is 1.10 bits per heavy atom. The number of amides is 1. The molecule has 1 fully saturated rings. The van der Waals surface area contributed by atoms with Gasteiger partial charge in [0, 0.05) is 30.0 Å². The number of nitrogens with zero attached hydrogens (tertiary/aromatic N) is 2. The van der Waals surface area contributed by atoms with Crippen molar-refractivity contribution < 1.29 is 13.2 Å². The Morgan fingerprint density at radius 3 is 2.40 bits per heavy atom. The van der Waals surface area contributed by atoms with E-state index in [0.29, 0.717) is 29.7 Å². The fraction of sp³-hybridized carbons (Fsp3) is 0.348. The van der Waals surface area contributed by atoms with Crippen LogP contribution in [-0.2, 0) is 21.1 Å². The minimum atomic E-state index is -3.95. The zero-order chi connectivity index (χ0) is 21.5. The molecule has 158 valence electrons. The van der Waals surface area contributed by atoms with Crippen molar-refractivity contribution in [3.8, 4) is 0 Å². The smallest absolute Gasteiger partial charge is 0.267 e. The van der Waals surface area contributed by atoms with Crippen molar-refractivity contribution in [2.75, 3.05) is 18.0 Å². The van der Waals surface area contributed by atoms with E-state index in [0.717, 1.165) is 24.9 Å². The first-order valence-corrected chi connectivity index (χ1v) is 12.1. The molecular weight excluding hydrogens is 420 g/mol. The van der Waals surface area contributed by atoms with Gasteiger partial charge in [0.1, 0.15) is 0 Å². The maximum atomic E-state index is 13.4. The van der Waals surface area contributed by atoms with Crippen LogP contribution >= 0.6 is 11.6 Å². The molecule has 0 unspecified atom stereocenters. The second kappa shape index (κ2) is 8.08. The highest BCUT2D eigenvalue weighted by atomic mass is 35.5. The summed E-state index contributed by atoms with van der Waals surface area (Å²) in [5.74, 6) is 0.111. The number of sulfone groups is 1. The van der Waals surface area contributed by atoms with Crippen LogP contribution in [0.5, 0.6) is 0 Å². The monoisotopic (exact) mass is 444 g/mol. The lowest BCUT2D eigenvalue weighted by atomic mass is 9.99. The highest BCUT2D eigenvalue weighted by molar-refractivity contribution is 7.96. The first-order valence-electron chi connectivity index (χ1n) is 10.2. The lowest BCUT2D eigenvalue weighted by Gasteiger charge is -2.33. The van der Waals surface area contributed by atoms with Gasteiger partial charge in [-0.15, -0.1) is 0 Å². The zero-order valence-electron chi connectivity index (χ0n) is 17.1. The van der Waals surface area contributed by atoms with Crippen LogP contribution in [0.2, 0.25) is 5.02 Å². The number of halogens is 1. The van der Waals surface area contributed by atoms with Crippen molar-refractivity contribution in [1.29, 1.82) is 0 Å². The second-order valence-electron chi connectivity index (χ2n) is 7.97. The van der Waals surface area contributed by atoms with Gasteiger partial charge in [0.25, 0.3) is 5.91 Å². The molecule has 0 aliphatic carbocycles. The van der Waals surface area contributed by atoms with Gasteiger partial charge in [0.2, 0.25) is 9.84 Å². The average Bonchev–Trinajstić information content (AvgIpc) is 2.74. The SMILES string of the molecule is CCc1ccc(N2C=C(C(=O)N3CCC(C)CC3)S(=O)(=O)c3ccc(Cl)cc32)cc1. The molecular formula is C23H25ClN2O3S. The number of hydrogen-bond acceptors (Lipinski definition) is 4. The number of aryl methyl sites for hydroxylation is 1. The summed E-state index contributed by atoms with van der Waals surface area (Å²) in [4.78, 5) is 16.6. The number of piperidine rings is 1. The lowest BCUT2D eigenvalue weighted by molar-refractivity contribution is -0.127. The summed E-state index contributed by atoms with van der Waals surface area (Å²) in [6, 6.07) is 12.5. The molecule has 4 rings (SSSR count). The fourth-order valence-corrected chi connectivity index (χ4v) is 5.61. The fourth-order valence-electron chi connectivity index (χ4n) is 3.92. The summed E-state index contributed by atoms with van der Waals surface area (Å²) in [5, 5.41) is 0.437. The number of rotatable bonds is 3. The molecule has 30 heavy (non-hydrogen) atoms. The molecule has 0 spiro atoms. The van der Waals surface area contributed by atoms with Crippen molar-refractivity contribution >= 4 is 38.7 Å². The molecule has 1 amide bonds. The second-order valence-corrected chi connectivity index (χ2v) is 10.3. The van der Waals surface area contributed by atoms with E-state index < -0.39 is 15.7 Å². The molecule has 2 aliphatic heterocycles. The van der Waals surface area contributed by atoms with Crippen molar-refractivity contribution in [2.45, 2.75) is 38.0 Å². The third-order valence-corrected chi connectivity index (χ3v) is 7.93. The van der Waals surface area contributed by atoms with E-state index in [1.165, 1.54) is 17.8 Å². The molecule has 0 N–H and O–H groups in total. The Morgan fingerprint density at radius 2 is 1.77 bits per heavy atom. The molecule has 0 aromatic heterocycles. The molecule has 2 aromatic carbocycles. The van der Waals surface area contributed by atoms with Gasteiger partial charge in [0.05, 0.1) is 10.6 Å². The van der Waals surface area contributed by atoms with Crippen molar-refractivity contribution in [1.82, 2.24) is 4.90 Å². The molecule has 2 heterocycles. The van der Waals surface area contributed by atoms with Gasteiger partial charge in [-0.3, -0.25) is 4.79 Å². The molecule has 0 saturated carbocycles. The topological polar surface area (TPSA) is 57.7 Å². The number of likely N-dealkylation sites (tertiary alicyclic amines) is 1. The molecule has 0 atom stereocenters. The first kappa shape index (κ1) is 20.9. The largest absolute Gasteiger partial charge is 0.338 e. The van der Waals surface area contributed by atoms with Crippen LogP contribution in [0.1, 0.15) is 32.3 Å². The van der Waals surface area contributed by atoms with Crippen LogP contribution in [0.3, 0.4) is 0 Å². The molecule has 2 aliphatic rings. The highest BCUT2D eigenvalue weighted by Gasteiger charge is 2.38. The van der Waals surface area contributed by atoms with Gasteiger partial charge in [0.15, 0.2) is 4.91 Å². The molecule has 2 aromatic rings. The van der Waals surface area contributed by atoms with Crippen LogP contribution in [0.15, 0.2) is 58.5 Å². The van der Waals surface area contributed by atoms with Gasteiger partial charge < -0.3 is 9.80 Å². The minimum Gasteiger partial charge on any atom is -0.338 e. The van der Waals surface area contributed by atoms with Crippen LogP contribution in [-0.4, -0.2) is 32.3 Å². The minimum absolute atomic E-state index is 0.0997. The van der Waals surface area contributed by atoms with Gasteiger partial charge >= 0.3 is 0 Å². The Labute approximate surface area is 182 Å². The molecule has 0 radical (unpaired) electrons. The third-order valence-electron chi connectivity index (χ3n) is 5.91. The van der Waals surface area contributed by atoms with Gasteiger partial charge in [-0.1, -0.05) is 37.6 Å². The zero-order valence-corrected chi connectivity index (χ0v) is 18.7. The molecule has 5 nitrogen and oxygen atoms in total. The molecule has 7 heteroatoms. The maximum absolute atomic E-state index is 13.4. The molecule has 1 saturated heterocycles. The average molecular weight is 445 g/mol. The third kappa shape index (κ3) is 3.74. The van der Waals surface area contributed by atoms with E-state index in [1.54, 1.807) is 21.9 Å². The highest BCUT2D eigenvalue weighted by Crippen LogP contribution is 2.41. The van der Waals surface area contributed by atoms with Gasteiger partial charge in [-0.2, -0.15) is 0 Å². The number of anilines is 2. The van der Waals surface area contributed by atoms with Gasteiger partial charge in [-0.25, -0.2) is 8.42 Å². The van der Waals surface area contributed by atoms with E-state index in [1.807, 2.05) is 24.3 Å². The standard InChI is InChI=1S/C23H25ClN2O3S/c1-3-17-4-7-19(8-5-17)26-15-22(23(27)25-12-10-16(2)11-13-25)30(28,29)21-9-6-18(24)14-20(21)26/h4-9,14-16H,3,10-13H2,1-2H3. The predicted octanol–water partition coefficient (Wildman–Crippen LogP) is 4.93. The van der Waals surface area contributed by atoms with Crippen molar-refractivity contribution in [3.63, 3.8) is 0 Å². The Hall–Kier alpha value is -2.31. The van der Waals surface area contributed by atoms with Crippen molar-refractivity contribution in [3.05, 3.63) is 64.2 Å². The number of fused-ring (bicyclic) bond motifs is 1. The number of carbonyl (C=O) groups is 1. The van der Waals surface area contributed by atoms with Crippen LogP contribution in [0.4, 0.5) is 11.4 Å². The van der Waals surface area contributed by atoms with E-state index in [9.17, 15) is 13.2 Å². The maximum Gasteiger partial charge on any atom is 0.267 e. The number of carbonyl (C=O) groups excluding carboxylic acids is 1. The Kier molecular flexibility index (Phi) is 5.64. The van der Waals surface area contributed by atoms with Crippen LogP contribution in [0.25, 0.3) is 0 Å². The Balaban J connectivity index is 1.82. The first-order chi connectivity index (χ1) is 14.3. The summed E-state index contributed by atoms with van der Waals surface area (Å²) in [5.41, 5.74) is 2.41. The number of benzene rings is 2. The van der Waals surface area contributed by atoms with Crippen LogP contribution in [0, 0.1) is 5.92 Å². The van der Waals surface area contributed by atoms with E-state index in [4.69, 9.17) is 11.6 Å². The van der Waals surface area contributed by atoms with E-state index in [-0.39, 0.29) is 9.80 Å². The summed E-state index contributed by atoms with van der Waals surface area (Å²) in [7, 11) is -3.95. The Bertz CT molecular complexity index is 1100. The number of hydrogen-bond donors (Lipinski definition) is 0. The summed E-state index contributed by atoms with van der Waals surface area (Å²) >= 11 is 6.19. The quantitative estimate of drug-likeness (QED) is 0.673. The predicted molar refractivity (Wildman–Crippen MR) is 120 cm³/mol. The summed E-state index contributed by atoms with van der Waals surface area (Å²) in [6.45, 7) is 5.38. The van der Waals surface area contributed by atoms with Gasteiger partial charge in [-0.05, 0) is 61.1 Å². The summed E-state index contributed by atoms with van der Waals surface area (Å²) in [6.07, 6.45) is 4.13. The van der Waals surface area contributed by atoms with E-state index in [2.05, 4.69) is 13.8 Å². The van der Waals surface area contributed by atoms with Crippen molar-refractivity contribution in [2.24, 2.45) is 5.92 Å². The normalized spacial score (nSPS) is 18.7. The van der Waals surface area contributed by atoms with E-state index >= 15 is 0 Å².